The normalized spacial score (nSPS) is 14.8. The molecular weight excluding hydrogens is 172 g/mol. The Morgan fingerprint density at radius 3 is 2.36 bits per heavy atom. The summed E-state index contributed by atoms with van der Waals surface area (Å²) in [6.07, 6.45) is 0. The Bertz CT molecular complexity index is 185. The molecule has 0 aromatic rings. The van der Waals surface area contributed by atoms with Crippen LogP contribution < -0.4 is 0 Å². The molecule has 0 saturated carbocycles. The topological polar surface area (TPSA) is 83.8 Å². The zero-order valence-electron chi connectivity index (χ0n) is 6.23. The van der Waals surface area contributed by atoms with Crippen LogP contribution in [0.3, 0.4) is 0 Å². The van der Waals surface area contributed by atoms with Gasteiger partial charge in [0.05, 0.1) is 13.2 Å². The van der Waals surface area contributed by atoms with Crippen LogP contribution in [-0.4, -0.2) is 43.1 Å². The molecule has 0 aliphatic heterocycles. The number of rotatable bonds is 5. The van der Waals surface area contributed by atoms with Crippen molar-refractivity contribution in [2.75, 3.05) is 19.8 Å². The van der Waals surface area contributed by atoms with Crippen molar-refractivity contribution in [3.63, 3.8) is 0 Å². The van der Waals surface area contributed by atoms with Crippen molar-refractivity contribution >= 4 is 10.1 Å². The number of hydrogen-bond acceptors (Lipinski definition) is 4. The number of aliphatic hydroxyl groups is 1. The fourth-order valence-electron chi connectivity index (χ4n) is 0.482. The zero-order chi connectivity index (χ0) is 8.91. The van der Waals surface area contributed by atoms with Gasteiger partial charge < -0.3 is 9.84 Å². The molecule has 0 amide bonds. The van der Waals surface area contributed by atoms with E-state index in [-0.39, 0.29) is 6.61 Å². The van der Waals surface area contributed by atoms with Crippen LogP contribution in [0.1, 0.15) is 6.92 Å². The van der Waals surface area contributed by atoms with Gasteiger partial charge in [-0.2, -0.15) is 8.42 Å². The molecule has 0 aliphatic rings. The SMILES string of the molecule is CCOCC(CO)S(=O)(=O)O. The Labute approximate surface area is 65.7 Å². The quantitative estimate of drug-likeness (QED) is 0.550. The average Bonchev–Trinajstić information content (AvgIpc) is 1.87. The zero-order valence-corrected chi connectivity index (χ0v) is 7.04. The van der Waals surface area contributed by atoms with E-state index in [0.29, 0.717) is 6.61 Å². The molecule has 0 fully saturated rings. The second-order valence-corrected chi connectivity index (χ2v) is 3.68. The van der Waals surface area contributed by atoms with Gasteiger partial charge in [0.1, 0.15) is 5.25 Å². The van der Waals surface area contributed by atoms with Crippen LogP contribution in [0.2, 0.25) is 0 Å². The third-order valence-electron chi connectivity index (χ3n) is 1.13. The fourth-order valence-corrected chi connectivity index (χ4v) is 0.939. The molecular formula is C5H12O5S. The molecule has 0 bridgehead atoms. The van der Waals surface area contributed by atoms with E-state index < -0.39 is 22.0 Å². The summed E-state index contributed by atoms with van der Waals surface area (Å²) in [5, 5.41) is 7.25. The van der Waals surface area contributed by atoms with Gasteiger partial charge in [-0.25, -0.2) is 0 Å². The van der Waals surface area contributed by atoms with Crippen LogP contribution in [-0.2, 0) is 14.9 Å². The summed E-state index contributed by atoms with van der Waals surface area (Å²) in [5.41, 5.74) is 0. The lowest BCUT2D eigenvalue weighted by Gasteiger charge is -2.09. The Hall–Kier alpha value is -0.170. The lowest BCUT2D eigenvalue weighted by atomic mass is 10.5. The van der Waals surface area contributed by atoms with Gasteiger partial charge in [-0.1, -0.05) is 0 Å². The van der Waals surface area contributed by atoms with Crippen molar-refractivity contribution < 1.29 is 22.8 Å². The Morgan fingerprint density at radius 2 is 2.09 bits per heavy atom. The molecule has 0 rings (SSSR count). The van der Waals surface area contributed by atoms with Gasteiger partial charge in [0, 0.05) is 6.61 Å². The second kappa shape index (κ2) is 4.66. The molecule has 0 spiro atoms. The van der Waals surface area contributed by atoms with Crippen LogP contribution in [0.25, 0.3) is 0 Å². The van der Waals surface area contributed by atoms with Crippen LogP contribution in [0.5, 0.6) is 0 Å². The minimum atomic E-state index is -4.16. The van der Waals surface area contributed by atoms with E-state index >= 15 is 0 Å². The molecule has 0 aromatic carbocycles. The standard InChI is InChI=1S/C5H12O5S/c1-2-10-4-5(3-6)11(7,8)9/h5-6H,2-4H2,1H3,(H,7,8,9). The summed E-state index contributed by atoms with van der Waals surface area (Å²) >= 11 is 0. The number of hydrogen-bond donors (Lipinski definition) is 2. The summed E-state index contributed by atoms with van der Waals surface area (Å²) in [6.45, 7) is 1.25. The van der Waals surface area contributed by atoms with E-state index in [4.69, 9.17) is 14.4 Å². The average molecular weight is 184 g/mol. The van der Waals surface area contributed by atoms with E-state index in [1.165, 1.54) is 0 Å². The van der Waals surface area contributed by atoms with Crippen molar-refractivity contribution in [3.05, 3.63) is 0 Å². The summed E-state index contributed by atoms with van der Waals surface area (Å²) in [4.78, 5) is 0. The molecule has 0 radical (unpaired) electrons. The Kier molecular flexibility index (Phi) is 4.58. The monoisotopic (exact) mass is 184 g/mol. The molecule has 6 heteroatoms. The third-order valence-corrected chi connectivity index (χ3v) is 2.26. The fraction of sp³-hybridized carbons (Fsp3) is 1.00. The van der Waals surface area contributed by atoms with Gasteiger partial charge in [-0.15, -0.1) is 0 Å². The number of aliphatic hydroxyl groups excluding tert-OH is 1. The Morgan fingerprint density at radius 1 is 1.55 bits per heavy atom. The van der Waals surface area contributed by atoms with Crippen LogP contribution >= 0.6 is 0 Å². The van der Waals surface area contributed by atoms with E-state index in [9.17, 15) is 8.42 Å². The molecule has 1 atom stereocenters. The maximum Gasteiger partial charge on any atom is 0.272 e. The molecule has 5 nitrogen and oxygen atoms in total. The van der Waals surface area contributed by atoms with Crippen molar-refractivity contribution in [2.24, 2.45) is 0 Å². The molecule has 0 aromatic heterocycles. The van der Waals surface area contributed by atoms with Crippen molar-refractivity contribution in [3.8, 4) is 0 Å². The lowest BCUT2D eigenvalue weighted by Crippen LogP contribution is -2.29. The van der Waals surface area contributed by atoms with Gasteiger partial charge in [0.25, 0.3) is 10.1 Å². The van der Waals surface area contributed by atoms with Gasteiger partial charge in [-0.3, -0.25) is 4.55 Å². The van der Waals surface area contributed by atoms with Crippen LogP contribution in [0, 0.1) is 0 Å². The first-order chi connectivity index (χ1) is 5.02. The maximum absolute atomic E-state index is 10.4. The largest absolute Gasteiger partial charge is 0.395 e. The Balaban J connectivity index is 3.97. The van der Waals surface area contributed by atoms with Gasteiger partial charge in [0.15, 0.2) is 0 Å². The van der Waals surface area contributed by atoms with E-state index in [1.807, 2.05) is 0 Å². The number of ether oxygens (including phenoxy) is 1. The molecule has 2 N–H and O–H groups in total. The van der Waals surface area contributed by atoms with Crippen molar-refractivity contribution in [2.45, 2.75) is 12.2 Å². The van der Waals surface area contributed by atoms with Crippen LogP contribution in [0.4, 0.5) is 0 Å². The van der Waals surface area contributed by atoms with E-state index in [2.05, 4.69) is 0 Å². The molecule has 1 unspecified atom stereocenters. The van der Waals surface area contributed by atoms with E-state index in [1.54, 1.807) is 6.92 Å². The highest BCUT2D eigenvalue weighted by atomic mass is 32.2. The second-order valence-electron chi connectivity index (χ2n) is 1.98. The van der Waals surface area contributed by atoms with Gasteiger partial charge >= 0.3 is 0 Å². The summed E-state index contributed by atoms with van der Waals surface area (Å²) in [7, 11) is -4.16. The van der Waals surface area contributed by atoms with Crippen molar-refractivity contribution in [1.29, 1.82) is 0 Å². The van der Waals surface area contributed by atoms with Crippen molar-refractivity contribution in [1.82, 2.24) is 0 Å². The summed E-state index contributed by atoms with van der Waals surface area (Å²) in [6, 6.07) is 0. The third kappa shape index (κ3) is 4.31. The van der Waals surface area contributed by atoms with E-state index in [0.717, 1.165) is 0 Å². The first-order valence-electron chi connectivity index (χ1n) is 3.17. The predicted molar refractivity (Wildman–Crippen MR) is 38.9 cm³/mol. The molecule has 0 heterocycles. The predicted octanol–water partition coefficient (Wildman–Crippen LogP) is -0.728. The highest BCUT2D eigenvalue weighted by Crippen LogP contribution is 1.97. The summed E-state index contributed by atoms with van der Waals surface area (Å²) < 4.78 is 33.9. The highest BCUT2D eigenvalue weighted by molar-refractivity contribution is 7.86. The molecule has 68 valence electrons. The minimum Gasteiger partial charge on any atom is -0.395 e. The van der Waals surface area contributed by atoms with Gasteiger partial charge in [-0.05, 0) is 6.92 Å². The lowest BCUT2D eigenvalue weighted by molar-refractivity contribution is 0.127. The molecule has 0 saturated heterocycles. The first kappa shape index (κ1) is 10.8. The maximum atomic E-state index is 10.4. The van der Waals surface area contributed by atoms with Gasteiger partial charge in [0.2, 0.25) is 0 Å². The smallest absolute Gasteiger partial charge is 0.272 e. The molecule has 11 heavy (non-hydrogen) atoms. The highest BCUT2D eigenvalue weighted by Gasteiger charge is 2.21. The minimum absolute atomic E-state index is 0.175. The first-order valence-corrected chi connectivity index (χ1v) is 4.67. The summed E-state index contributed by atoms with van der Waals surface area (Å²) in [5.74, 6) is 0. The van der Waals surface area contributed by atoms with Crippen LogP contribution in [0.15, 0.2) is 0 Å². The molecule has 0 aliphatic carbocycles.